The van der Waals surface area contributed by atoms with E-state index in [9.17, 15) is 17.4 Å². The van der Waals surface area contributed by atoms with E-state index in [2.05, 4.69) is 9.08 Å². The van der Waals surface area contributed by atoms with Gasteiger partial charge in [0.15, 0.2) is 0 Å². The molecule has 0 fully saturated rings. The quantitative estimate of drug-likeness (QED) is 0.587. The number of nitrogens with one attached hydrogen (secondary N) is 1. The zero-order chi connectivity index (χ0) is 22.4. The molecular formula is C21H28N2O5S2. The van der Waals surface area contributed by atoms with E-state index in [1.54, 1.807) is 42.5 Å². The summed E-state index contributed by atoms with van der Waals surface area (Å²) in [6.45, 7) is 5.68. The summed E-state index contributed by atoms with van der Waals surface area (Å²) in [5.74, 6) is -0.568. The molecule has 1 N–H and O–H groups in total. The van der Waals surface area contributed by atoms with E-state index in [0.29, 0.717) is 4.90 Å². The highest BCUT2D eigenvalue weighted by Crippen LogP contribution is 2.20. The molecule has 0 radical (unpaired) electrons. The molecule has 0 saturated heterocycles. The van der Waals surface area contributed by atoms with Crippen LogP contribution in [0.2, 0.25) is 0 Å². The number of esters is 1. The lowest BCUT2D eigenvalue weighted by Gasteiger charge is -2.20. The first-order chi connectivity index (χ1) is 14.1. The predicted octanol–water partition coefficient (Wildman–Crippen LogP) is 3.00. The van der Waals surface area contributed by atoms with Gasteiger partial charge in [0.25, 0.3) is 10.0 Å². The maximum absolute atomic E-state index is 13.7. The number of rotatable bonds is 9. The van der Waals surface area contributed by atoms with E-state index in [-0.39, 0.29) is 23.1 Å². The Bertz CT molecular complexity index is 1070. The molecule has 0 aliphatic rings. The van der Waals surface area contributed by atoms with Crippen LogP contribution in [0.1, 0.15) is 19.4 Å². The molecule has 0 bridgehead atoms. The SMILES string of the molecule is COC(=O)[C@@H](NCCS(=O)(=NS(=O)(=O)c1ccc(C)cc1)c1ccccc1)C(C)C. The fourth-order valence-corrected chi connectivity index (χ4v) is 6.76. The molecule has 2 aromatic carbocycles. The van der Waals surface area contributed by atoms with Gasteiger partial charge in [0.2, 0.25) is 0 Å². The zero-order valence-electron chi connectivity index (χ0n) is 17.6. The van der Waals surface area contributed by atoms with Gasteiger partial charge in [-0.05, 0) is 37.1 Å². The first kappa shape index (κ1) is 24.0. The van der Waals surface area contributed by atoms with Crippen LogP contribution >= 0.6 is 0 Å². The Labute approximate surface area is 179 Å². The Hall–Kier alpha value is -2.23. The minimum atomic E-state index is -4.14. The number of hydrogen-bond acceptors (Lipinski definition) is 6. The molecule has 30 heavy (non-hydrogen) atoms. The number of ether oxygens (including phenoxy) is 1. The number of carbonyl (C=O) groups is 1. The van der Waals surface area contributed by atoms with E-state index in [1.807, 2.05) is 20.8 Å². The average molecular weight is 453 g/mol. The Kier molecular flexibility index (Phi) is 8.17. The van der Waals surface area contributed by atoms with Gasteiger partial charge >= 0.3 is 5.97 Å². The van der Waals surface area contributed by atoms with Crippen molar-refractivity contribution >= 4 is 25.7 Å². The van der Waals surface area contributed by atoms with E-state index in [0.717, 1.165) is 5.56 Å². The summed E-state index contributed by atoms with van der Waals surface area (Å²) >= 11 is 0. The number of benzene rings is 2. The van der Waals surface area contributed by atoms with Crippen LogP contribution in [-0.4, -0.2) is 44.0 Å². The van der Waals surface area contributed by atoms with Crippen LogP contribution < -0.4 is 5.32 Å². The lowest BCUT2D eigenvalue weighted by molar-refractivity contribution is -0.144. The fourth-order valence-electron chi connectivity index (χ4n) is 2.81. The third kappa shape index (κ3) is 6.13. The van der Waals surface area contributed by atoms with Crippen molar-refractivity contribution in [2.45, 2.75) is 36.6 Å². The van der Waals surface area contributed by atoms with Crippen LogP contribution in [0, 0.1) is 12.8 Å². The van der Waals surface area contributed by atoms with Crippen molar-refractivity contribution in [3.8, 4) is 0 Å². The summed E-state index contributed by atoms with van der Waals surface area (Å²) in [4.78, 5) is 12.3. The van der Waals surface area contributed by atoms with Crippen LogP contribution in [0.4, 0.5) is 0 Å². The minimum Gasteiger partial charge on any atom is -0.468 e. The molecule has 0 aromatic heterocycles. The standard InChI is InChI=1S/C21H28N2O5S2/c1-16(2)20(21(24)28-4)22-14-15-29(25,18-8-6-5-7-9-18)23-30(26,27)19-12-10-17(3)11-13-19/h5-13,16,20,22H,14-15H2,1-4H3/t20-,29?/m0/s1. The number of nitrogens with zero attached hydrogens (tertiary/aromatic N) is 1. The van der Waals surface area contributed by atoms with Crippen molar-refractivity contribution in [2.24, 2.45) is 9.69 Å². The number of methoxy groups -OCH3 is 1. The average Bonchev–Trinajstić information content (AvgIpc) is 2.71. The van der Waals surface area contributed by atoms with Crippen LogP contribution in [0.5, 0.6) is 0 Å². The highest BCUT2D eigenvalue weighted by atomic mass is 32.3. The van der Waals surface area contributed by atoms with Crippen LogP contribution in [0.3, 0.4) is 0 Å². The minimum absolute atomic E-state index is 0.0145. The van der Waals surface area contributed by atoms with Crippen LogP contribution in [-0.2, 0) is 29.3 Å². The number of hydrogen-bond donors (Lipinski definition) is 1. The second-order valence-corrected chi connectivity index (χ2v) is 11.4. The van der Waals surface area contributed by atoms with Gasteiger partial charge in [0, 0.05) is 17.2 Å². The topological polar surface area (TPSA) is 102 Å². The second-order valence-electron chi connectivity index (χ2n) is 7.22. The smallest absolute Gasteiger partial charge is 0.323 e. The molecular weight excluding hydrogens is 424 g/mol. The van der Waals surface area contributed by atoms with Crippen molar-refractivity contribution < 1.29 is 22.2 Å². The van der Waals surface area contributed by atoms with Crippen molar-refractivity contribution in [3.63, 3.8) is 0 Å². The number of sulfonamides is 1. The largest absolute Gasteiger partial charge is 0.468 e. The molecule has 0 heterocycles. The third-order valence-electron chi connectivity index (χ3n) is 4.51. The summed E-state index contributed by atoms with van der Waals surface area (Å²) in [5, 5.41) is 3.02. The second kappa shape index (κ2) is 10.2. The first-order valence-electron chi connectivity index (χ1n) is 9.53. The van der Waals surface area contributed by atoms with Gasteiger partial charge in [-0.1, -0.05) is 49.7 Å². The van der Waals surface area contributed by atoms with Gasteiger partial charge < -0.3 is 10.1 Å². The highest BCUT2D eigenvalue weighted by molar-refractivity contribution is 8.03. The number of carbonyl (C=O) groups excluding carboxylic acids is 1. The fraction of sp³-hybridized carbons (Fsp3) is 0.381. The first-order valence-corrected chi connectivity index (χ1v) is 12.7. The van der Waals surface area contributed by atoms with E-state index in [1.165, 1.54) is 19.2 Å². The molecule has 164 valence electrons. The zero-order valence-corrected chi connectivity index (χ0v) is 19.2. The Morgan fingerprint density at radius 2 is 1.60 bits per heavy atom. The molecule has 2 aromatic rings. The third-order valence-corrected chi connectivity index (χ3v) is 8.90. The van der Waals surface area contributed by atoms with E-state index in [4.69, 9.17) is 4.74 Å². The monoisotopic (exact) mass is 452 g/mol. The molecule has 0 saturated carbocycles. The molecule has 0 aliphatic carbocycles. The molecule has 1 unspecified atom stereocenters. The molecule has 0 amide bonds. The summed E-state index contributed by atoms with van der Waals surface area (Å²) in [7, 11) is -6.15. The van der Waals surface area contributed by atoms with Gasteiger partial charge in [-0.15, -0.1) is 3.77 Å². The summed E-state index contributed by atoms with van der Waals surface area (Å²) in [5.41, 5.74) is 0.907. The summed E-state index contributed by atoms with van der Waals surface area (Å²) < 4.78 is 48.1. The van der Waals surface area contributed by atoms with Gasteiger partial charge in [0.1, 0.15) is 6.04 Å². The lowest BCUT2D eigenvalue weighted by Crippen LogP contribution is -2.43. The van der Waals surface area contributed by atoms with Crippen molar-refractivity contribution in [1.29, 1.82) is 0 Å². The highest BCUT2D eigenvalue weighted by Gasteiger charge is 2.25. The van der Waals surface area contributed by atoms with E-state index >= 15 is 0 Å². The Balaban J connectivity index is 2.40. The lowest BCUT2D eigenvalue weighted by atomic mass is 10.1. The van der Waals surface area contributed by atoms with Crippen molar-refractivity contribution in [3.05, 3.63) is 60.2 Å². The van der Waals surface area contributed by atoms with Crippen LogP contribution in [0.25, 0.3) is 0 Å². The van der Waals surface area contributed by atoms with Crippen molar-refractivity contribution in [1.82, 2.24) is 5.32 Å². The molecule has 2 atom stereocenters. The molecule has 0 aliphatic heterocycles. The molecule has 2 rings (SSSR count). The van der Waals surface area contributed by atoms with E-state index < -0.39 is 31.8 Å². The summed E-state index contributed by atoms with van der Waals surface area (Å²) in [6.07, 6.45) is 0. The van der Waals surface area contributed by atoms with Gasteiger partial charge in [-0.3, -0.25) is 4.79 Å². The van der Waals surface area contributed by atoms with Crippen LogP contribution in [0.15, 0.2) is 68.2 Å². The molecule has 0 spiro atoms. The Morgan fingerprint density at radius 1 is 1.00 bits per heavy atom. The summed E-state index contributed by atoms with van der Waals surface area (Å²) in [6, 6.07) is 13.9. The maximum atomic E-state index is 13.7. The molecule has 7 nitrogen and oxygen atoms in total. The molecule has 9 heteroatoms. The predicted molar refractivity (Wildman–Crippen MR) is 117 cm³/mol. The maximum Gasteiger partial charge on any atom is 0.323 e. The van der Waals surface area contributed by atoms with Gasteiger partial charge in [0.05, 0.1) is 21.7 Å². The Morgan fingerprint density at radius 3 is 2.13 bits per heavy atom. The normalized spacial score (nSPS) is 14.7. The van der Waals surface area contributed by atoms with Crippen molar-refractivity contribution in [2.75, 3.05) is 19.4 Å². The van der Waals surface area contributed by atoms with Gasteiger partial charge in [-0.25, -0.2) is 4.21 Å². The van der Waals surface area contributed by atoms with Gasteiger partial charge in [-0.2, -0.15) is 8.42 Å². The number of aryl methyl sites for hydroxylation is 1.